The second-order valence-electron chi connectivity index (χ2n) is 4.25. The van der Waals surface area contributed by atoms with E-state index in [-0.39, 0.29) is 4.75 Å². The SMILES string of the molecule is Cc1c(Cl)nc(CSC(C)(C)C)nc1Cl. The standard InChI is InChI=1S/C10H14Cl2N2S/c1-6-8(11)13-7(14-9(6)12)5-15-10(2,3)4/h5H2,1-4H3. The third-order valence-corrected chi connectivity index (χ3v) is 3.71. The van der Waals surface area contributed by atoms with Crippen LogP contribution in [0.2, 0.25) is 10.3 Å². The maximum atomic E-state index is 5.92. The summed E-state index contributed by atoms with van der Waals surface area (Å²) in [6.45, 7) is 8.25. The minimum Gasteiger partial charge on any atom is -0.220 e. The van der Waals surface area contributed by atoms with Gasteiger partial charge in [-0.2, -0.15) is 0 Å². The lowest BCUT2D eigenvalue weighted by Crippen LogP contribution is -2.09. The highest BCUT2D eigenvalue weighted by Gasteiger charge is 2.13. The molecule has 0 aromatic carbocycles. The van der Waals surface area contributed by atoms with Crippen molar-refractivity contribution in [1.82, 2.24) is 9.97 Å². The van der Waals surface area contributed by atoms with E-state index in [1.54, 1.807) is 11.8 Å². The lowest BCUT2D eigenvalue weighted by molar-refractivity contribution is 0.800. The summed E-state index contributed by atoms with van der Waals surface area (Å²) in [7, 11) is 0. The van der Waals surface area contributed by atoms with Crippen LogP contribution in [-0.2, 0) is 5.75 Å². The summed E-state index contributed by atoms with van der Waals surface area (Å²) in [5, 5.41) is 0.888. The van der Waals surface area contributed by atoms with Crippen LogP contribution in [0.15, 0.2) is 0 Å². The van der Waals surface area contributed by atoms with Crippen LogP contribution in [0.4, 0.5) is 0 Å². The number of nitrogens with zero attached hydrogens (tertiary/aromatic N) is 2. The lowest BCUT2D eigenvalue weighted by Gasteiger charge is -2.16. The van der Waals surface area contributed by atoms with Crippen molar-refractivity contribution in [3.05, 3.63) is 21.7 Å². The molecule has 1 rings (SSSR count). The molecule has 0 unspecified atom stereocenters. The Morgan fingerprint density at radius 1 is 1.13 bits per heavy atom. The van der Waals surface area contributed by atoms with Crippen molar-refractivity contribution in [2.45, 2.75) is 38.2 Å². The first-order valence-electron chi connectivity index (χ1n) is 4.62. The predicted molar refractivity (Wildman–Crippen MR) is 67.8 cm³/mol. The van der Waals surface area contributed by atoms with E-state index in [1.807, 2.05) is 6.92 Å². The van der Waals surface area contributed by atoms with E-state index in [0.717, 1.165) is 11.3 Å². The van der Waals surface area contributed by atoms with E-state index in [0.29, 0.717) is 16.1 Å². The highest BCUT2D eigenvalue weighted by atomic mass is 35.5. The molecule has 1 heterocycles. The van der Waals surface area contributed by atoms with Gasteiger partial charge in [0.2, 0.25) is 0 Å². The van der Waals surface area contributed by atoms with Gasteiger partial charge in [0.1, 0.15) is 16.1 Å². The van der Waals surface area contributed by atoms with Gasteiger partial charge in [0.15, 0.2) is 0 Å². The monoisotopic (exact) mass is 264 g/mol. The number of aromatic nitrogens is 2. The van der Waals surface area contributed by atoms with Gasteiger partial charge in [-0.1, -0.05) is 44.0 Å². The van der Waals surface area contributed by atoms with Crippen LogP contribution in [0.1, 0.15) is 32.2 Å². The molecule has 2 nitrogen and oxygen atoms in total. The van der Waals surface area contributed by atoms with E-state index in [1.165, 1.54) is 0 Å². The number of hydrogen-bond donors (Lipinski definition) is 0. The van der Waals surface area contributed by atoms with Crippen LogP contribution in [0, 0.1) is 6.92 Å². The summed E-state index contributed by atoms with van der Waals surface area (Å²) in [6, 6.07) is 0. The second-order valence-corrected chi connectivity index (χ2v) is 6.77. The number of rotatable bonds is 2. The summed E-state index contributed by atoms with van der Waals surface area (Å²) in [5.41, 5.74) is 0.739. The topological polar surface area (TPSA) is 25.8 Å². The van der Waals surface area contributed by atoms with Gasteiger partial charge in [0.25, 0.3) is 0 Å². The molecule has 0 aliphatic heterocycles. The summed E-state index contributed by atoms with van der Waals surface area (Å²) in [5.74, 6) is 1.42. The van der Waals surface area contributed by atoms with Gasteiger partial charge in [-0.3, -0.25) is 0 Å². The normalized spacial score (nSPS) is 11.9. The molecule has 0 fully saturated rings. The predicted octanol–water partition coefficient (Wildman–Crippen LogP) is 4.12. The van der Waals surface area contributed by atoms with Crippen LogP contribution < -0.4 is 0 Å². The van der Waals surface area contributed by atoms with Crippen molar-refractivity contribution in [3.63, 3.8) is 0 Å². The Balaban J connectivity index is 2.80. The largest absolute Gasteiger partial charge is 0.220 e. The van der Waals surface area contributed by atoms with Gasteiger partial charge in [-0.15, -0.1) is 11.8 Å². The van der Waals surface area contributed by atoms with E-state index in [2.05, 4.69) is 30.7 Å². The molecule has 0 aliphatic carbocycles. The molecule has 15 heavy (non-hydrogen) atoms. The van der Waals surface area contributed by atoms with E-state index < -0.39 is 0 Å². The highest BCUT2D eigenvalue weighted by molar-refractivity contribution is 7.99. The van der Waals surface area contributed by atoms with Crippen LogP contribution >= 0.6 is 35.0 Å². The summed E-state index contributed by atoms with van der Waals surface area (Å²) in [4.78, 5) is 8.37. The molecule has 5 heteroatoms. The minimum atomic E-state index is 0.188. The zero-order chi connectivity index (χ0) is 11.6. The average Bonchev–Trinajstić information content (AvgIpc) is 2.09. The third kappa shape index (κ3) is 4.17. The highest BCUT2D eigenvalue weighted by Crippen LogP contribution is 2.27. The zero-order valence-corrected chi connectivity index (χ0v) is 11.6. The Kier molecular flexibility index (Phi) is 4.27. The summed E-state index contributed by atoms with van der Waals surface area (Å²) < 4.78 is 0.188. The molecule has 0 spiro atoms. The van der Waals surface area contributed by atoms with Crippen LogP contribution in [0.25, 0.3) is 0 Å². The van der Waals surface area contributed by atoms with Crippen molar-refractivity contribution in [1.29, 1.82) is 0 Å². The summed E-state index contributed by atoms with van der Waals surface area (Å²) >= 11 is 13.6. The van der Waals surface area contributed by atoms with E-state index in [9.17, 15) is 0 Å². The van der Waals surface area contributed by atoms with Crippen LogP contribution in [-0.4, -0.2) is 14.7 Å². The van der Waals surface area contributed by atoms with Gasteiger partial charge in [0.05, 0.1) is 5.75 Å². The number of hydrogen-bond acceptors (Lipinski definition) is 3. The van der Waals surface area contributed by atoms with Crippen molar-refractivity contribution in [2.24, 2.45) is 0 Å². The first-order valence-corrected chi connectivity index (χ1v) is 6.36. The molecular formula is C10H14Cl2N2S. The fraction of sp³-hybridized carbons (Fsp3) is 0.600. The van der Waals surface area contributed by atoms with Crippen molar-refractivity contribution in [3.8, 4) is 0 Å². The van der Waals surface area contributed by atoms with Gasteiger partial charge in [0, 0.05) is 10.3 Å². The van der Waals surface area contributed by atoms with E-state index >= 15 is 0 Å². The maximum Gasteiger partial charge on any atom is 0.141 e. The number of thioether (sulfide) groups is 1. The first kappa shape index (κ1) is 13.1. The third-order valence-electron chi connectivity index (χ3n) is 1.71. The molecule has 0 N–H and O–H groups in total. The Bertz CT molecular complexity index is 338. The fourth-order valence-electron chi connectivity index (χ4n) is 0.850. The minimum absolute atomic E-state index is 0.188. The molecule has 1 aromatic heterocycles. The van der Waals surface area contributed by atoms with Crippen molar-refractivity contribution in [2.75, 3.05) is 0 Å². The Morgan fingerprint density at radius 3 is 2.00 bits per heavy atom. The molecule has 0 radical (unpaired) electrons. The van der Waals surface area contributed by atoms with Crippen LogP contribution in [0.5, 0.6) is 0 Å². The average molecular weight is 265 g/mol. The van der Waals surface area contributed by atoms with Crippen molar-refractivity contribution >= 4 is 35.0 Å². The molecule has 84 valence electrons. The molecule has 0 bridgehead atoms. The quantitative estimate of drug-likeness (QED) is 0.752. The maximum absolute atomic E-state index is 5.92. The molecule has 0 saturated heterocycles. The van der Waals surface area contributed by atoms with Crippen LogP contribution in [0.3, 0.4) is 0 Å². The molecule has 0 amide bonds. The molecule has 1 aromatic rings. The van der Waals surface area contributed by atoms with Gasteiger partial charge in [-0.25, -0.2) is 9.97 Å². The molecule has 0 aliphatic rings. The zero-order valence-electron chi connectivity index (χ0n) is 9.27. The first-order chi connectivity index (χ1) is 6.79. The molecule has 0 saturated carbocycles. The Morgan fingerprint density at radius 2 is 1.60 bits per heavy atom. The second kappa shape index (κ2) is 4.89. The lowest BCUT2D eigenvalue weighted by atomic mass is 10.3. The summed E-state index contributed by atoms with van der Waals surface area (Å²) in [6.07, 6.45) is 0. The smallest absolute Gasteiger partial charge is 0.141 e. The van der Waals surface area contributed by atoms with Crippen molar-refractivity contribution < 1.29 is 0 Å². The van der Waals surface area contributed by atoms with Gasteiger partial charge >= 0.3 is 0 Å². The van der Waals surface area contributed by atoms with Gasteiger partial charge in [-0.05, 0) is 6.92 Å². The Hall–Kier alpha value is 0.01000. The molecular weight excluding hydrogens is 251 g/mol. The Labute approximate surface area is 105 Å². The molecule has 0 atom stereocenters. The number of halogens is 2. The van der Waals surface area contributed by atoms with Gasteiger partial charge < -0.3 is 0 Å². The van der Waals surface area contributed by atoms with E-state index in [4.69, 9.17) is 23.2 Å². The fourth-order valence-corrected chi connectivity index (χ4v) is 1.96.